The highest BCUT2D eigenvalue weighted by atomic mass is 79.9. The van der Waals surface area contributed by atoms with Crippen molar-refractivity contribution in [2.24, 2.45) is 11.1 Å². The van der Waals surface area contributed by atoms with Gasteiger partial charge in [0.2, 0.25) is 11.7 Å². The highest BCUT2D eigenvalue weighted by molar-refractivity contribution is 9.11. The molecule has 0 bridgehead atoms. The van der Waals surface area contributed by atoms with Crippen molar-refractivity contribution in [3.05, 3.63) is 27.1 Å². The van der Waals surface area contributed by atoms with Crippen LogP contribution in [0.1, 0.15) is 32.7 Å². The van der Waals surface area contributed by atoms with Crippen LogP contribution >= 0.6 is 31.9 Å². The number of rotatable bonds is 2. The molecular formula is C12H14Br2N4O. The summed E-state index contributed by atoms with van der Waals surface area (Å²) in [5.41, 5.74) is 6.57. The average Bonchev–Trinajstić information content (AvgIpc) is 2.75. The predicted molar refractivity (Wildman–Crippen MR) is 79.3 cm³/mol. The first kappa shape index (κ1) is 14.6. The first-order valence-corrected chi connectivity index (χ1v) is 7.28. The minimum atomic E-state index is -0.317. The molecule has 0 unspecified atom stereocenters. The molecule has 0 spiro atoms. The largest absolute Gasteiger partial charge is 0.337 e. The Morgan fingerprint density at radius 3 is 2.58 bits per heavy atom. The molecule has 2 aromatic rings. The van der Waals surface area contributed by atoms with Crippen LogP contribution < -0.4 is 5.73 Å². The second-order valence-electron chi connectivity index (χ2n) is 5.28. The van der Waals surface area contributed by atoms with Gasteiger partial charge in [-0.2, -0.15) is 4.98 Å². The molecule has 0 fully saturated rings. The highest BCUT2D eigenvalue weighted by Gasteiger charge is 2.28. The summed E-state index contributed by atoms with van der Waals surface area (Å²) in [7, 11) is 0. The van der Waals surface area contributed by atoms with E-state index in [1.165, 1.54) is 0 Å². The summed E-state index contributed by atoms with van der Waals surface area (Å²) in [5, 5.41) is 3.94. The van der Waals surface area contributed by atoms with Crippen LogP contribution in [-0.2, 0) is 0 Å². The van der Waals surface area contributed by atoms with Gasteiger partial charge in [0.25, 0.3) is 0 Å². The molecule has 2 aromatic heterocycles. The van der Waals surface area contributed by atoms with E-state index in [-0.39, 0.29) is 11.5 Å². The third-order valence-corrected chi connectivity index (χ3v) is 3.70. The van der Waals surface area contributed by atoms with Crippen molar-refractivity contribution < 1.29 is 4.52 Å². The minimum absolute atomic E-state index is 0.145. The molecule has 0 aliphatic heterocycles. The molecule has 102 valence electrons. The fourth-order valence-corrected chi connectivity index (χ4v) is 2.57. The Balaban J connectivity index is 2.36. The van der Waals surface area contributed by atoms with Crippen LogP contribution in [0.2, 0.25) is 0 Å². The maximum Gasteiger partial charge on any atom is 0.244 e. The lowest BCUT2D eigenvalue weighted by Gasteiger charge is -2.23. The van der Waals surface area contributed by atoms with Gasteiger partial charge in [0, 0.05) is 15.1 Å². The van der Waals surface area contributed by atoms with Crippen LogP contribution in [0.3, 0.4) is 0 Å². The molecule has 0 aromatic carbocycles. The Kier molecular flexibility index (Phi) is 4.08. The van der Waals surface area contributed by atoms with Crippen LogP contribution in [0, 0.1) is 5.41 Å². The van der Waals surface area contributed by atoms with Gasteiger partial charge >= 0.3 is 0 Å². The normalized spacial score (nSPS) is 13.6. The third kappa shape index (κ3) is 3.21. The number of hydrogen-bond acceptors (Lipinski definition) is 5. The fraction of sp³-hybridized carbons (Fsp3) is 0.417. The first-order chi connectivity index (χ1) is 8.79. The van der Waals surface area contributed by atoms with Crippen LogP contribution in [0.4, 0.5) is 0 Å². The molecule has 0 saturated heterocycles. The van der Waals surface area contributed by atoms with Crippen molar-refractivity contribution >= 4 is 31.9 Å². The number of hydrogen-bond donors (Lipinski definition) is 1. The highest BCUT2D eigenvalue weighted by Crippen LogP contribution is 2.31. The van der Waals surface area contributed by atoms with E-state index in [0.717, 1.165) is 8.95 Å². The summed E-state index contributed by atoms with van der Waals surface area (Å²) in [6.45, 7) is 6.07. The Morgan fingerprint density at radius 1 is 1.32 bits per heavy atom. The van der Waals surface area contributed by atoms with Gasteiger partial charge in [0.05, 0.1) is 6.04 Å². The first-order valence-electron chi connectivity index (χ1n) is 5.69. The standard InChI is InChI=1S/C12H14Br2N4O/c1-12(2,3)9(15)11-17-10(18-19-11)8-7(14)4-6(13)5-16-8/h4-5,9H,15H2,1-3H3/t9-/m0/s1. The van der Waals surface area contributed by atoms with Crippen LogP contribution in [0.15, 0.2) is 25.7 Å². The summed E-state index contributed by atoms with van der Waals surface area (Å²) in [5.74, 6) is 0.841. The molecule has 1 atom stereocenters. The second-order valence-corrected chi connectivity index (χ2v) is 7.05. The number of nitrogens with zero attached hydrogens (tertiary/aromatic N) is 3. The van der Waals surface area contributed by atoms with E-state index < -0.39 is 0 Å². The van der Waals surface area contributed by atoms with E-state index >= 15 is 0 Å². The van der Waals surface area contributed by atoms with Gasteiger partial charge in [-0.25, -0.2) is 0 Å². The van der Waals surface area contributed by atoms with Crippen molar-refractivity contribution in [2.45, 2.75) is 26.8 Å². The maximum absolute atomic E-state index is 6.09. The maximum atomic E-state index is 6.09. The monoisotopic (exact) mass is 388 g/mol. The smallest absolute Gasteiger partial charge is 0.244 e. The second kappa shape index (κ2) is 5.30. The number of pyridine rings is 1. The van der Waals surface area contributed by atoms with Gasteiger partial charge in [-0.3, -0.25) is 4.98 Å². The molecule has 0 saturated carbocycles. The van der Waals surface area contributed by atoms with Gasteiger partial charge in [-0.05, 0) is 43.3 Å². The van der Waals surface area contributed by atoms with Gasteiger partial charge < -0.3 is 10.3 Å². The number of nitrogens with two attached hydrogens (primary N) is 1. The lowest BCUT2D eigenvalue weighted by atomic mass is 9.87. The lowest BCUT2D eigenvalue weighted by molar-refractivity contribution is 0.253. The summed E-state index contributed by atoms with van der Waals surface area (Å²) in [6.07, 6.45) is 1.68. The van der Waals surface area contributed by atoms with E-state index in [9.17, 15) is 0 Å². The molecule has 2 N–H and O–H groups in total. The zero-order valence-electron chi connectivity index (χ0n) is 10.8. The van der Waals surface area contributed by atoms with Crippen LogP contribution in [0.5, 0.6) is 0 Å². The molecule has 19 heavy (non-hydrogen) atoms. The molecule has 0 amide bonds. The van der Waals surface area contributed by atoms with Gasteiger partial charge in [-0.1, -0.05) is 25.9 Å². The average molecular weight is 390 g/mol. The number of halogens is 2. The van der Waals surface area contributed by atoms with E-state index in [2.05, 4.69) is 47.0 Å². The zero-order chi connectivity index (χ0) is 14.2. The zero-order valence-corrected chi connectivity index (χ0v) is 14.0. The Hall–Kier alpha value is -0.790. The van der Waals surface area contributed by atoms with Crippen LogP contribution in [-0.4, -0.2) is 15.1 Å². The molecule has 0 aliphatic carbocycles. The molecule has 0 radical (unpaired) electrons. The Morgan fingerprint density at radius 2 is 2.00 bits per heavy atom. The summed E-state index contributed by atoms with van der Waals surface area (Å²) in [4.78, 5) is 8.59. The van der Waals surface area contributed by atoms with Crippen molar-refractivity contribution in [1.29, 1.82) is 0 Å². The van der Waals surface area contributed by atoms with Crippen molar-refractivity contribution in [2.75, 3.05) is 0 Å². The summed E-state index contributed by atoms with van der Waals surface area (Å²) in [6, 6.07) is 1.56. The van der Waals surface area contributed by atoms with E-state index in [4.69, 9.17) is 10.3 Å². The minimum Gasteiger partial charge on any atom is -0.337 e. The van der Waals surface area contributed by atoms with E-state index in [0.29, 0.717) is 17.4 Å². The van der Waals surface area contributed by atoms with Gasteiger partial charge in [-0.15, -0.1) is 0 Å². The van der Waals surface area contributed by atoms with Crippen molar-refractivity contribution in [3.8, 4) is 11.5 Å². The van der Waals surface area contributed by atoms with Crippen molar-refractivity contribution in [3.63, 3.8) is 0 Å². The Labute approximate surface area is 128 Å². The molecule has 0 aliphatic rings. The van der Waals surface area contributed by atoms with Crippen LogP contribution in [0.25, 0.3) is 11.5 Å². The molecule has 2 rings (SSSR count). The number of aromatic nitrogens is 3. The van der Waals surface area contributed by atoms with E-state index in [1.54, 1.807) is 6.20 Å². The summed E-state index contributed by atoms with van der Waals surface area (Å²) >= 11 is 6.77. The van der Waals surface area contributed by atoms with Gasteiger partial charge in [0.15, 0.2) is 0 Å². The summed E-state index contributed by atoms with van der Waals surface area (Å²) < 4.78 is 6.90. The van der Waals surface area contributed by atoms with E-state index in [1.807, 2.05) is 26.8 Å². The lowest BCUT2D eigenvalue weighted by Crippen LogP contribution is -2.26. The predicted octanol–water partition coefficient (Wildman–Crippen LogP) is 3.70. The molecule has 5 nitrogen and oxygen atoms in total. The SMILES string of the molecule is CC(C)(C)[C@@H](N)c1nc(-c2ncc(Br)cc2Br)no1. The quantitative estimate of drug-likeness (QED) is 0.846. The van der Waals surface area contributed by atoms with Gasteiger partial charge in [0.1, 0.15) is 5.69 Å². The Bertz CT molecular complexity index is 592. The topological polar surface area (TPSA) is 77.8 Å². The molecule has 2 heterocycles. The van der Waals surface area contributed by atoms with Crippen molar-refractivity contribution in [1.82, 2.24) is 15.1 Å². The molecule has 7 heteroatoms. The molecular weight excluding hydrogens is 376 g/mol. The third-order valence-electron chi connectivity index (χ3n) is 2.66. The fourth-order valence-electron chi connectivity index (χ4n) is 1.41.